The highest BCUT2D eigenvalue weighted by molar-refractivity contribution is 5.48. The lowest BCUT2D eigenvalue weighted by Crippen LogP contribution is -1.95. The number of nitriles is 1. The molecule has 14 heavy (non-hydrogen) atoms. The van der Waals surface area contributed by atoms with Crippen LogP contribution in [0.4, 0.5) is 4.39 Å². The predicted molar refractivity (Wildman–Crippen MR) is 46.0 cm³/mol. The quantitative estimate of drug-likeness (QED) is 0.677. The molecule has 0 aliphatic carbocycles. The zero-order valence-electron chi connectivity index (χ0n) is 7.05. The van der Waals surface area contributed by atoms with Crippen LogP contribution in [0, 0.1) is 17.1 Å². The van der Waals surface area contributed by atoms with Gasteiger partial charge in [-0.05, 0) is 18.2 Å². The summed E-state index contributed by atoms with van der Waals surface area (Å²) >= 11 is 0. The van der Waals surface area contributed by atoms with Crippen LogP contribution in [0.5, 0.6) is 0 Å². The number of hydrogen-bond acceptors (Lipinski definition) is 3. The van der Waals surface area contributed by atoms with Crippen molar-refractivity contribution >= 4 is 0 Å². The molecular formula is C9H5FN4. The lowest BCUT2D eigenvalue weighted by atomic mass is 10.2. The molecular weight excluding hydrogens is 183 g/mol. The van der Waals surface area contributed by atoms with E-state index < -0.39 is 5.82 Å². The van der Waals surface area contributed by atoms with Crippen LogP contribution in [0.3, 0.4) is 0 Å². The van der Waals surface area contributed by atoms with Crippen molar-refractivity contribution < 1.29 is 4.39 Å². The van der Waals surface area contributed by atoms with Gasteiger partial charge in [-0.25, -0.2) is 4.39 Å². The van der Waals surface area contributed by atoms with E-state index in [1.165, 1.54) is 30.9 Å². The second-order valence-electron chi connectivity index (χ2n) is 2.64. The van der Waals surface area contributed by atoms with Crippen LogP contribution in [0.25, 0.3) is 5.69 Å². The molecule has 0 saturated heterocycles. The molecule has 0 radical (unpaired) electrons. The van der Waals surface area contributed by atoms with E-state index >= 15 is 0 Å². The molecule has 0 aliphatic rings. The number of nitrogens with zero attached hydrogens (tertiary/aromatic N) is 4. The zero-order chi connectivity index (χ0) is 9.97. The van der Waals surface area contributed by atoms with E-state index in [4.69, 9.17) is 5.26 Å². The molecule has 0 N–H and O–H groups in total. The maximum Gasteiger partial charge on any atom is 0.124 e. The standard InChI is InChI=1S/C9H5FN4/c10-8-1-2-9(7(3-8)4-11)14-5-12-13-6-14/h1-3,5-6H. The van der Waals surface area contributed by atoms with Gasteiger partial charge in [-0.2, -0.15) is 5.26 Å². The van der Waals surface area contributed by atoms with Crippen LogP contribution in [0.2, 0.25) is 0 Å². The van der Waals surface area contributed by atoms with Gasteiger partial charge in [-0.1, -0.05) is 0 Å². The molecule has 0 spiro atoms. The Morgan fingerprint density at radius 2 is 2.00 bits per heavy atom. The first-order chi connectivity index (χ1) is 6.81. The molecule has 2 rings (SSSR count). The van der Waals surface area contributed by atoms with Gasteiger partial charge < -0.3 is 0 Å². The average molecular weight is 188 g/mol. The van der Waals surface area contributed by atoms with E-state index in [0.29, 0.717) is 5.69 Å². The van der Waals surface area contributed by atoms with E-state index in [0.717, 1.165) is 0 Å². The van der Waals surface area contributed by atoms with E-state index in [-0.39, 0.29) is 5.56 Å². The van der Waals surface area contributed by atoms with Crippen molar-refractivity contribution in [1.29, 1.82) is 5.26 Å². The zero-order valence-corrected chi connectivity index (χ0v) is 7.05. The average Bonchev–Trinajstić information content (AvgIpc) is 2.70. The number of rotatable bonds is 1. The van der Waals surface area contributed by atoms with Gasteiger partial charge in [-0.15, -0.1) is 10.2 Å². The third-order valence-electron chi connectivity index (χ3n) is 1.78. The molecule has 0 atom stereocenters. The Balaban J connectivity index is 2.60. The topological polar surface area (TPSA) is 54.5 Å². The van der Waals surface area contributed by atoms with Crippen molar-refractivity contribution in [2.24, 2.45) is 0 Å². The van der Waals surface area contributed by atoms with Crippen LogP contribution < -0.4 is 0 Å². The summed E-state index contributed by atoms with van der Waals surface area (Å²) in [4.78, 5) is 0. The van der Waals surface area contributed by atoms with Gasteiger partial charge in [0.15, 0.2) is 0 Å². The molecule has 2 aromatic rings. The van der Waals surface area contributed by atoms with Gasteiger partial charge in [0.05, 0.1) is 11.3 Å². The van der Waals surface area contributed by atoms with Crippen LogP contribution in [0.15, 0.2) is 30.9 Å². The van der Waals surface area contributed by atoms with Gasteiger partial charge in [0, 0.05) is 0 Å². The van der Waals surface area contributed by atoms with Gasteiger partial charge >= 0.3 is 0 Å². The Bertz CT molecular complexity index is 484. The fourth-order valence-electron chi connectivity index (χ4n) is 1.15. The molecule has 4 nitrogen and oxygen atoms in total. The Hall–Kier alpha value is -2.22. The largest absolute Gasteiger partial charge is 0.287 e. The van der Waals surface area contributed by atoms with Gasteiger partial charge in [0.25, 0.3) is 0 Å². The summed E-state index contributed by atoms with van der Waals surface area (Å²) in [6.07, 6.45) is 2.90. The summed E-state index contributed by atoms with van der Waals surface area (Å²) in [5.41, 5.74) is 0.823. The fraction of sp³-hybridized carbons (Fsp3) is 0. The van der Waals surface area contributed by atoms with Crippen molar-refractivity contribution in [2.45, 2.75) is 0 Å². The number of hydrogen-bond donors (Lipinski definition) is 0. The van der Waals surface area contributed by atoms with Gasteiger partial charge in [0.2, 0.25) is 0 Å². The molecule has 0 saturated carbocycles. The van der Waals surface area contributed by atoms with Crippen LogP contribution in [0.1, 0.15) is 5.56 Å². The minimum atomic E-state index is -0.432. The van der Waals surface area contributed by atoms with Crippen LogP contribution in [-0.2, 0) is 0 Å². The Morgan fingerprint density at radius 1 is 1.29 bits per heavy atom. The van der Waals surface area contributed by atoms with Crippen molar-refractivity contribution in [1.82, 2.24) is 14.8 Å². The third kappa shape index (κ3) is 1.33. The first-order valence-electron chi connectivity index (χ1n) is 3.86. The molecule has 1 aromatic heterocycles. The third-order valence-corrected chi connectivity index (χ3v) is 1.78. The number of halogens is 1. The highest BCUT2D eigenvalue weighted by Gasteiger charge is 2.04. The molecule has 1 aromatic carbocycles. The summed E-state index contributed by atoms with van der Waals surface area (Å²) in [5.74, 6) is -0.432. The lowest BCUT2D eigenvalue weighted by molar-refractivity contribution is 0.627. The van der Waals surface area contributed by atoms with E-state index in [1.807, 2.05) is 6.07 Å². The van der Waals surface area contributed by atoms with Crippen molar-refractivity contribution in [3.63, 3.8) is 0 Å². The van der Waals surface area contributed by atoms with E-state index in [2.05, 4.69) is 10.2 Å². The minimum absolute atomic E-state index is 0.254. The number of aromatic nitrogens is 3. The van der Waals surface area contributed by atoms with Crippen molar-refractivity contribution in [2.75, 3.05) is 0 Å². The van der Waals surface area contributed by atoms with E-state index in [9.17, 15) is 4.39 Å². The molecule has 1 heterocycles. The summed E-state index contributed by atoms with van der Waals surface area (Å²) in [5, 5.41) is 16.0. The normalized spacial score (nSPS) is 9.71. The Morgan fingerprint density at radius 3 is 2.64 bits per heavy atom. The minimum Gasteiger partial charge on any atom is -0.287 e. The Labute approximate surface area is 79.2 Å². The SMILES string of the molecule is N#Cc1cc(F)ccc1-n1cnnc1. The second-order valence-corrected chi connectivity index (χ2v) is 2.64. The molecule has 0 amide bonds. The van der Waals surface area contributed by atoms with Crippen molar-refractivity contribution in [3.05, 3.63) is 42.2 Å². The van der Waals surface area contributed by atoms with Crippen LogP contribution >= 0.6 is 0 Å². The van der Waals surface area contributed by atoms with E-state index in [1.54, 1.807) is 4.57 Å². The molecule has 0 fully saturated rings. The number of benzene rings is 1. The highest BCUT2D eigenvalue weighted by Crippen LogP contribution is 2.14. The monoisotopic (exact) mass is 188 g/mol. The molecule has 0 unspecified atom stereocenters. The molecule has 5 heteroatoms. The highest BCUT2D eigenvalue weighted by atomic mass is 19.1. The summed E-state index contributed by atoms with van der Waals surface area (Å²) < 4.78 is 14.3. The summed E-state index contributed by atoms with van der Waals surface area (Å²) in [7, 11) is 0. The molecule has 68 valence electrons. The van der Waals surface area contributed by atoms with Gasteiger partial charge in [0.1, 0.15) is 24.5 Å². The lowest BCUT2D eigenvalue weighted by Gasteiger charge is -2.02. The van der Waals surface area contributed by atoms with Crippen LogP contribution in [-0.4, -0.2) is 14.8 Å². The fourth-order valence-corrected chi connectivity index (χ4v) is 1.15. The first-order valence-corrected chi connectivity index (χ1v) is 3.86. The first kappa shape index (κ1) is 8.38. The predicted octanol–water partition coefficient (Wildman–Crippen LogP) is 1.28. The second kappa shape index (κ2) is 3.26. The summed E-state index contributed by atoms with van der Waals surface area (Å²) in [6, 6.07) is 5.88. The smallest absolute Gasteiger partial charge is 0.124 e. The molecule has 0 bridgehead atoms. The maximum atomic E-state index is 12.8. The maximum absolute atomic E-state index is 12.8. The Kier molecular flexibility index (Phi) is 1.95. The van der Waals surface area contributed by atoms with Gasteiger partial charge in [-0.3, -0.25) is 4.57 Å². The summed E-state index contributed by atoms with van der Waals surface area (Å²) in [6.45, 7) is 0. The molecule has 0 aliphatic heterocycles. The van der Waals surface area contributed by atoms with Crippen molar-refractivity contribution in [3.8, 4) is 11.8 Å².